The van der Waals surface area contributed by atoms with Gasteiger partial charge in [-0.05, 0) is 29.0 Å². The number of nitrogens with one attached hydrogen (secondary N) is 1. The van der Waals surface area contributed by atoms with E-state index in [1.54, 1.807) is 28.9 Å². The number of hydrogen-bond acceptors (Lipinski definition) is 4. The quantitative estimate of drug-likeness (QED) is 0.860. The molecule has 0 radical (unpaired) electrons. The Bertz CT molecular complexity index is 576. The largest absolute Gasteiger partial charge is 0.313 e. The molecule has 1 N–H and O–H groups in total. The summed E-state index contributed by atoms with van der Waals surface area (Å²) in [6.45, 7) is 0. The molecule has 17 heavy (non-hydrogen) atoms. The lowest BCUT2D eigenvalue weighted by Crippen LogP contribution is -2.07. The summed E-state index contributed by atoms with van der Waals surface area (Å²) in [4.78, 5) is 12.6. The average Bonchev–Trinajstić information content (AvgIpc) is 2.97. The third-order valence-electron chi connectivity index (χ3n) is 1.96. The number of hydrogen-bond donors (Lipinski definition) is 1. The van der Waals surface area contributed by atoms with E-state index >= 15 is 0 Å². The Morgan fingerprint density at radius 1 is 1.35 bits per heavy atom. The molecule has 1 amide bonds. The van der Waals surface area contributed by atoms with Crippen molar-refractivity contribution in [3.05, 3.63) is 45.5 Å². The zero-order chi connectivity index (χ0) is 12.1. The van der Waals surface area contributed by atoms with Crippen molar-refractivity contribution in [1.29, 1.82) is 5.26 Å². The molecule has 2 rings (SSSR count). The van der Waals surface area contributed by atoms with Crippen molar-refractivity contribution >= 4 is 39.7 Å². The Kier molecular flexibility index (Phi) is 3.70. The summed E-state index contributed by atoms with van der Waals surface area (Å²) >= 11 is 2.90. The van der Waals surface area contributed by atoms with E-state index in [1.807, 2.05) is 23.6 Å². The number of anilines is 1. The fraction of sp³-hybridized carbons (Fsp3) is 0. The smallest absolute Gasteiger partial charge is 0.249 e. The van der Waals surface area contributed by atoms with Crippen molar-refractivity contribution in [2.45, 2.75) is 0 Å². The first-order valence-corrected chi connectivity index (χ1v) is 6.55. The van der Waals surface area contributed by atoms with Gasteiger partial charge < -0.3 is 5.32 Å². The van der Waals surface area contributed by atoms with Gasteiger partial charge in [0.15, 0.2) is 0 Å². The molecule has 0 atom stereocenters. The predicted octanol–water partition coefficient (Wildman–Crippen LogP) is 3.33. The van der Waals surface area contributed by atoms with Gasteiger partial charge in [-0.3, -0.25) is 4.79 Å². The van der Waals surface area contributed by atoms with Crippen LogP contribution in [0.3, 0.4) is 0 Å². The molecule has 5 heteroatoms. The molecule has 0 aliphatic heterocycles. The minimum Gasteiger partial charge on any atom is -0.313 e. The summed E-state index contributed by atoms with van der Waals surface area (Å²) < 4.78 is 0. The molecule has 0 saturated carbocycles. The van der Waals surface area contributed by atoms with Gasteiger partial charge in [-0.15, -0.1) is 22.7 Å². The second kappa shape index (κ2) is 5.43. The Hall–Kier alpha value is -1.90. The van der Waals surface area contributed by atoms with Crippen LogP contribution in [0.5, 0.6) is 0 Å². The van der Waals surface area contributed by atoms with Crippen LogP contribution in [-0.2, 0) is 4.79 Å². The van der Waals surface area contributed by atoms with Gasteiger partial charge in [-0.1, -0.05) is 6.07 Å². The van der Waals surface area contributed by atoms with Gasteiger partial charge in [0, 0.05) is 11.0 Å². The first-order valence-electron chi connectivity index (χ1n) is 4.80. The summed E-state index contributed by atoms with van der Waals surface area (Å²) in [5.41, 5.74) is 0.493. The monoisotopic (exact) mass is 260 g/mol. The van der Waals surface area contributed by atoms with E-state index in [-0.39, 0.29) is 5.91 Å². The molecule has 0 spiro atoms. The number of carbonyl (C=O) groups excluding carboxylic acids is 1. The van der Waals surface area contributed by atoms with Crippen LogP contribution in [0.2, 0.25) is 0 Å². The minimum atomic E-state index is -0.225. The van der Waals surface area contributed by atoms with E-state index in [1.165, 1.54) is 17.4 Å². The Morgan fingerprint density at radius 3 is 2.94 bits per heavy atom. The Labute approximate surface area is 107 Å². The van der Waals surface area contributed by atoms with Gasteiger partial charge in [0.25, 0.3) is 0 Å². The molecule has 0 bridgehead atoms. The molecule has 3 nitrogen and oxygen atoms in total. The maximum atomic E-state index is 11.6. The Morgan fingerprint density at radius 2 is 2.24 bits per heavy atom. The van der Waals surface area contributed by atoms with Gasteiger partial charge in [-0.2, -0.15) is 5.26 Å². The van der Waals surface area contributed by atoms with Gasteiger partial charge in [0.2, 0.25) is 5.91 Å². The maximum Gasteiger partial charge on any atom is 0.249 e. The molecule has 2 aromatic heterocycles. The van der Waals surface area contributed by atoms with E-state index in [9.17, 15) is 4.79 Å². The van der Waals surface area contributed by atoms with E-state index in [0.29, 0.717) is 10.6 Å². The lowest BCUT2D eigenvalue weighted by Gasteiger charge is -1.97. The van der Waals surface area contributed by atoms with Crippen molar-refractivity contribution in [1.82, 2.24) is 0 Å². The number of carbonyl (C=O) groups is 1. The third kappa shape index (κ3) is 3.03. The van der Waals surface area contributed by atoms with E-state index < -0.39 is 0 Å². The highest BCUT2D eigenvalue weighted by Gasteiger charge is 2.05. The summed E-state index contributed by atoms with van der Waals surface area (Å²) in [7, 11) is 0. The van der Waals surface area contributed by atoms with Crippen molar-refractivity contribution in [2.75, 3.05) is 5.32 Å². The zero-order valence-corrected chi connectivity index (χ0v) is 10.3. The predicted molar refractivity (Wildman–Crippen MR) is 71.0 cm³/mol. The molecule has 0 unspecified atom stereocenters. The van der Waals surface area contributed by atoms with Crippen LogP contribution in [0, 0.1) is 11.3 Å². The molecule has 0 aromatic carbocycles. The van der Waals surface area contributed by atoms with Gasteiger partial charge >= 0.3 is 0 Å². The van der Waals surface area contributed by atoms with Gasteiger partial charge in [-0.25, -0.2) is 0 Å². The van der Waals surface area contributed by atoms with Crippen LogP contribution in [0.15, 0.2) is 35.0 Å². The van der Waals surface area contributed by atoms with Gasteiger partial charge in [0.1, 0.15) is 11.1 Å². The zero-order valence-electron chi connectivity index (χ0n) is 8.71. The van der Waals surface area contributed by atoms with Crippen molar-refractivity contribution in [2.24, 2.45) is 0 Å². The summed E-state index contributed by atoms with van der Waals surface area (Å²) in [6, 6.07) is 7.56. The van der Waals surface area contributed by atoms with Crippen molar-refractivity contribution in [3.63, 3.8) is 0 Å². The molecule has 2 heterocycles. The van der Waals surface area contributed by atoms with Crippen molar-refractivity contribution in [3.8, 4) is 6.07 Å². The fourth-order valence-electron chi connectivity index (χ4n) is 1.19. The summed E-state index contributed by atoms with van der Waals surface area (Å²) in [5.74, 6) is -0.225. The number of nitriles is 1. The molecule has 84 valence electrons. The van der Waals surface area contributed by atoms with E-state index in [2.05, 4.69) is 5.32 Å². The SMILES string of the molecule is N#Cc1ccsc1NC(=O)/C=C/c1cccs1. The number of nitrogens with zero attached hydrogens (tertiary/aromatic N) is 1. The van der Waals surface area contributed by atoms with Crippen LogP contribution >= 0.6 is 22.7 Å². The van der Waals surface area contributed by atoms with Crippen LogP contribution in [-0.4, -0.2) is 5.91 Å². The average molecular weight is 260 g/mol. The lowest BCUT2D eigenvalue weighted by atomic mass is 10.3. The molecule has 0 saturated heterocycles. The number of amides is 1. The molecule has 2 aromatic rings. The van der Waals surface area contributed by atoms with Gasteiger partial charge in [0.05, 0.1) is 5.56 Å². The Balaban J connectivity index is 2.01. The molecular weight excluding hydrogens is 252 g/mol. The highest BCUT2D eigenvalue weighted by molar-refractivity contribution is 7.14. The first-order chi connectivity index (χ1) is 8.29. The number of rotatable bonds is 3. The maximum absolute atomic E-state index is 11.6. The highest BCUT2D eigenvalue weighted by Crippen LogP contribution is 2.22. The van der Waals surface area contributed by atoms with Crippen LogP contribution < -0.4 is 5.32 Å². The van der Waals surface area contributed by atoms with E-state index in [0.717, 1.165) is 4.88 Å². The molecule has 0 fully saturated rings. The second-order valence-electron chi connectivity index (χ2n) is 3.11. The van der Waals surface area contributed by atoms with Crippen molar-refractivity contribution < 1.29 is 4.79 Å². The van der Waals surface area contributed by atoms with Crippen LogP contribution in [0.1, 0.15) is 10.4 Å². The summed E-state index contributed by atoms with van der Waals surface area (Å²) in [5, 5.41) is 15.8. The van der Waals surface area contributed by atoms with E-state index in [4.69, 9.17) is 5.26 Å². The highest BCUT2D eigenvalue weighted by atomic mass is 32.1. The van der Waals surface area contributed by atoms with Crippen LogP contribution in [0.25, 0.3) is 6.08 Å². The fourth-order valence-corrected chi connectivity index (χ4v) is 2.55. The second-order valence-corrected chi connectivity index (χ2v) is 5.01. The standard InChI is InChI=1S/C12H8N2OS2/c13-8-9-5-7-17-12(9)14-11(15)4-3-10-2-1-6-16-10/h1-7H,(H,14,15)/b4-3+. The normalized spacial score (nSPS) is 10.3. The molecule has 0 aliphatic rings. The number of thiophene rings is 2. The lowest BCUT2D eigenvalue weighted by molar-refractivity contribution is -0.111. The minimum absolute atomic E-state index is 0.225. The molecular formula is C12H8N2OS2. The first kappa shape index (κ1) is 11.6. The molecule has 0 aliphatic carbocycles. The third-order valence-corrected chi connectivity index (χ3v) is 3.63. The topological polar surface area (TPSA) is 52.9 Å². The van der Waals surface area contributed by atoms with Crippen LogP contribution in [0.4, 0.5) is 5.00 Å². The summed E-state index contributed by atoms with van der Waals surface area (Å²) in [6.07, 6.45) is 3.21.